The lowest BCUT2D eigenvalue weighted by Gasteiger charge is -2.34. The van der Waals surface area contributed by atoms with Crippen LogP contribution >= 0.6 is 0 Å². The fourth-order valence-electron chi connectivity index (χ4n) is 3.80. The minimum Gasteiger partial charge on any atom is -0.388 e. The molecule has 1 saturated heterocycles. The van der Waals surface area contributed by atoms with Crippen molar-refractivity contribution < 1.29 is 9.90 Å². The number of aliphatic hydroxyl groups is 1. The predicted octanol–water partition coefficient (Wildman–Crippen LogP) is 3.08. The minimum atomic E-state index is -0.454. The van der Waals surface area contributed by atoms with Crippen molar-refractivity contribution in [3.63, 3.8) is 0 Å². The van der Waals surface area contributed by atoms with Gasteiger partial charge in [-0.2, -0.15) is 5.10 Å². The van der Waals surface area contributed by atoms with Gasteiger partial charge in [-0.3, -0.25) is 9.89 Å². The third-order valence-corrected chi connectivity index (χ3v) is 5.35. The molecular formula is C21H23N3O2. The van der Waals surface area contributed by atoms with Gasteiger partial charge in [-0.1, -0.05) is 48.5 Å². The van der Waals surface area contributed by atoms with E-state index in [1.54, 1.807) is 0 Å². The van der Waals surface area contributed by atoms with Crippen LogP contribution in [0.25, 0.3) is 10.9 Å². The van der Waals surface area contributed by atoms with E-state index in [0.717, 1.165) is 35.0 Å². The van der Waals surface area contributed by atoms with Crippen LogP contribution in [-0.4, -0.2) is 39.2 Å². The van der Waals surface area contributed by atoms with E-state index in [1.807, 2.05) is 59.5 Å². The fourth-order valence-corrected chi connectivity index (χ4v) is 3.80. The highest BCUT2D eigenvalue weighted by molar-refractivity contribution is 5.87. The summed E-state index contributed by atoms with van der Waals surface area (Å²) in [4.78, 5) is 14.6. The van der Waals surface area contributed by atoms with E-state index in [-0.39, 0.29) is 11.8 Å². The highest BCUT2D eigenvalue weighted by atomic mass is 16.3. The van der Waals surface area contributed by atoms with Gasteiger partial charge in [0.05, 0.1) is 23.7 Å². The zero-order chi connectivity index (χ0) is 17.9. The van der Waals surface area contributed by atoms with Crippen LogP contribution in [-0.2, 0) is 11.2 Å². The Kier molecular flexibility index (Phi) is 4.71. The first-order valence-corrected chi connectivity index (χ1v) is 9.15. The summed E-state index contributed by atoms with van der Waals surface area (Å²) in [6.07, 6.45) is 1.54. The van der Waals surface area contributed by atoms with Gasteiger partial charge in [0, 0.05) is 18.5 Å². The third-order valence-electron chi connectivity index (χ3n) is 5.35. The van der Waals surface area contributed by atoms with Gasteiger partial charge in [0.25, 0.3) is 0 Å². The number of likely N-dealkylation sites (tertiary alicyclic amines) is 1. The molecule has 3 aromatic rings. The minimum absolute atomic E-state index is 0.118. The van der Waals surface area contributed by atoms with Crippen molar-refractivity contribution in [3.05, 3.63) is 65.9 Å². The summed E-state index contributed by atoms with van der Waals surface area (Å²) in [5, 5.41) is 18.8. The summed E-state index contributed by atoms with van der Waals surface area (Å²) < 4.78 is 0. The van der Waals surface area contributed by atoms with Gasteiger partial charge in [0.2, 0.25) is 5.91 Å². The zero-order valence-electron chi connectivity index (χ0n) is 14.6. The first kappa shape index (κ1) is 16.8. The Labute approximate surface area is 152 Å². The average Bonchev–Trinajstić information content (AvgIpc) is 3.11. The second kappa shape index (κ2) is 7.30. The van der Waals surface area contributed by atoms with Crippen molar-refractivity contribution in [1.82, 2.24) is 15.1 Å². The number of nitrogens with zero attached hydrogens (tertiary/aromatic N) is 2. The topological polar surface area (TPSA) is 69.2 Å². The first-order chi connectivity index (χ1) is 12.7. The van der Waals surface area contributed by atoms with E-state index >= 15 is 0 Å². The molecule has 5 heteroatoms. The normalized spacial score (nSPS) is 16.7. The number of carbonyl (C=O) groups is 1. The van der Waals surface area contributed by atoms with Crippen LogP contribution in [0.3, 0.4) is 0 Å². The van der Waals surface area contributed by atoms with E-state index in [4.69, 9.17) is 0 Å². The number of amides is 1. The highest BCUT2D eigenvalue weighted by Crippen LogP contribution is 2.30. The lowest BCUT2D eigenvalue weighted by Crippen LogP contribution is -2.40. The number of aliphatic hydroxyl groups excluding tert-OH is 1. The van der Waals surface area contributed by atoms with Crippen molar-refractivity contribution in [3.8, 4) is 0 Å². The molecule has 2 aromatic carbocycles. The molecular weight excluding hydrogens is 326 g/mol. The zero-order valence-corrected chi connectivity index (χ0v) is 14.6. The number of aromatic amines is 1. The molecule has 134 valence electrons. The standard InChI is InChI=1S/C21H23N3O2/c25-20(14-19-17-8-4-5-9-18(17)22-23-19)24-12-10-16(11-13-24)21(26)15-6-2-1-3-7-15/h1-9,16,21,26H,10-14H2,(H,22,23). The monoisotopic (exact) mass is 349 g/mol. The summed E-state index contributed by atoms with van der Waals surface area (Å²) in [6, 6.07) is 17.6. The Balaban J connectivity index is 1.36. The summed E-state index contributed by atoms with van der Waals surface area (Å²) in [7, 11) is 0. The largest absolute Gasteiger partial charge is 0.388 e. The third kappa shape index (κ3) is 3.35. The SMILES string of the molecule is O=C(Cc1[nH]nc2ccccc12)N1CCC(C(O)c2ccccc2)CC1. The molecule has 1 fully saturated rings. The van der Waals surface area contributed by atoms with Gasteiger partial charge in [-0.05, 0) is 30.4 Å². The highest BCUT2D eigenvalue weighted by Gasteiger charge is 2.28. The molecule has 1 amide bonds. The van der Waals surface area contributed by atoms with Gasteiger partial charge >= 0.3 is 0 Å². The summed E-state index contributed by atoms with van der Waals surface area (Å²) in [5.41, 5.74) is 2.72. The second-order valence-corrected chi connectivity index (χ2v) is 6.97. The van der Waals surface area contributed by atoms with Crippen molar-refractivity contribution in [2.75, 3.05) is 13.1 Å². The van der Waals surface area contributed by atoms with E-state index in [2.05, 4.69) is 10.2 Å². The molecule has 4 rings (SSSR count). The number of hydrogen-bond donors (Lipinski definition) is 2. The molecule has 2 heterocycles. The maximum absolute atomic E-state index is 12.7. The smallest absolute Gasteiger partial charge is 0.228 e. The van der Waals surface area contributed by atoms with Crippen molar-refractivity contribution in [2.24, 2.45) is 5.92 Å². The summed E-state index contributed by atoms with van der Waals surface area (Å²) >= 11 is 0. The van der Waals surface area contributed by atoms with Gasteiger partial charge in [0.15, 0.2) is 0 Å². The van der Waals surface area contributed by atoms with Crippen molar-refractivity contribution >= 4 is 16.8 Å². The van der Waals surface area contributed by atoms with Crippen molar-refractivity contribution in [2.45, 2.75) is 25.4 Å². The van der Waals surface area contributed by atoms with Crippen LogP contribution in [0.1, 0.15) is 30.2 Å². The number of carbonyl (C=O) groups excluding carboxylic acids is 1. The fraction of sp³-hybridized carbons (Fsp3) is 0.333. The molecule has 26 heavy (non-hydrogen) atoms. The number of H-pyrrole nitrogens is 1. The lowest BCUT2D eigenvalue weighted by atomic mass is 9.87. The lowest BCUT2D eigenvalue weighted by molar-refractivity contribution is -0.132. The molecule has 5 nitrogen and oxygen atoms in total. The number of para-hydroxylation sites is 1. The predicted molar refractivity (Wildman–Crippen MR) is 101 cm³/mol. The van der Waals surface area contributed by atoms with Gasteiger partial charge in [-0.15, -0.1) is 0 Å². The van der Waals surface area contributed by atoms with Crippen LogP contribution < -0.4 is 0 Å². The van der Waals surface area contributed by atoms with Crippen LogP contribution in [0.4, 0.5) is 0 Å². The number of benzene rings is 2. The van der Waals surface area contributed by atoms with E-state index < -0.39 is 6.10 Å². The van der Waals surface area contributed by atoms with Gasteiger partial charge in [0.1, 0.15) is 0 Å². The molecule has 2 N–H and O–H groups in total. The maximum atomic E-state index is 12.7. The van der Waals surface area contributed by atoms with E-state index in [0.29, 0.717) is 19.5 Å². The first-order valence-electron chi connectivity index (χ1n) is 9.15. The number of rotatable bonds is 4. The molecule has 0 bridgehead atoms. The maximum Gasteiger partial charge on any atom is 0.228 e. The second-order valence-electron chi connectivity index (χ2n) is 6.97. The van der Waals surface area contributed by atoms with Crippen molar-refractivity contribution in [1.29, 1.82) is 0 Å². The average molecular weight is 349 g/mol. The van der Waals surface area contributed by atoms with E-state index in [1.165, 1.54) is 0 Å². The number of piperidine rings is 1. The quantitative estimate of drug-likeness (QED) is 0.760. The Bertz CT molecular complexity index is 882. The molecule has 0 spiro atoms. The van der Waals surface area contributed by atoms with Crippen LogP contribution in [0, 0.1) is 5.92 Å². The summed E-state index contributed by atoms with van der Waals surface area (Å²) in [5.74, 6) is 0.321. The van der Waals surface area contributed by atoms with Gasteiger partial charge < -0.3 is 10.0 Å². The summed E-state index contributed by atoms with van der Waals surface area (Å²) in [6.45, 7) is 1.39. The van der Waals surface area contributed by atoms with Gasteiger partial charge in [-0.25, -0.2) is 0 Å². The number of fused-ring (bicyclic) bond motifs is 1. The molecule has 1 unspecified atom stereocenters. The molecule has 0 aliphatic carbocycles. The number of aromatic nitrogens is 2. The molecule has 0 radical (unpaired) electrons. The number of hydrogen-bond acceptors (Lipinski definition) is 3. The van der Waals surface area contributed by atoms with E-state index in [9.17, 15) is 9.90 Å². The Morgan fingerprint density at radius 1 is 1.12 bits per heavy atom. The van der Waals surface area contributed by atoms with Crippen LogP contribution in [0.5, 0.6) is 0 Å². The van der Waals surface area contributed by atoms with Crippen LogP contribution in [0.15, 0.2) is 54.6 Å². The molecule has 1 aliphatic heterocycles. The molecule has 1 aromatic heterocycles. The molecule has 0 saturated carbocycles. The Hall–Kier alpha value is -2.66. The molecule has 1 aliphatic rings. The Morgan fingerprint density at radius 3 is 2.58 bits per heavy atom. The number of nitrogens with one attached hydrogen (secondary N) is 1. The molecule has 1 atom stereocenters. The Morgan fingerprint density at radius 2 is 1.81 bits per heavy atom. The van der Waals surface area contributed by atoms with Crippen LogP contribution in [0.2, 0.25) is 0 Å².